The Morgan fingerprint density at radius 1 is 0.920 bits per heavy atom. The van der Waals surface area contributed by atoms with Gasteiger partial charge in [0, 0.05) is 28.7 Å². The molecule has 0 atom stereocenters. The van der Waals surface area contributed by atoms with Crippen LogP contribution in [0, 0.1) is 0 Å². The van der Waals surface area contributed by atoms with Crippen LogP contribution in [0.5, 0.6) is 5.75 Å². The highest BCUT2D eigenvalue weighted by Gasteiger charge is 2.31. The van der Waals surface area contributed by atoms with Gasteiger partial charge in [-0.25, -0.2) is 0 Å². The van der Waals surface area contributed by atoms with E-state index in [1.165, 1.54) is 37.3 Å². The number of hydrogen-bond acceptors (Lipinski definition) is 3. The van der Waals surface area contributed by atoms with E-state index in [1.807, 2.05) is 0 Å². The van der Waals surface area contributed by atoms with Crippen molar-refractivity contribution < 1.29 is 27.9 Å². The van der Waals surface area contributed by atoms with Crippen molar-refractivity contribution in [2.45, 2.75) is 19.5 Å². The molecule has 0 saturated carbocycles. The van der Waals surface area contributed by atoms with Crippen molar-refractivity contribution in [2.24, 2.45) is 0 Å². The lowest BCUT2D eigenvalue weighted by Gasteiger charge is -2.19. The fourth-order valence-electron chi connectivity index (χ4n) is 2.82. The van der Waals surface area contributed by atoms with Crippen LogP contribution in [0.4, 0.5) is 13.2 Å². The maximum Gasteiger partial charge on any atom is 0.416 e. The summed E-state index contributed by atoms with van der Waals surface area (Å²) in [6, 6.07) is 8.44. The van der Waals surface area contributed by atoms with E-state index in [9.17, 15) is 27.9 Å². The van der Waals surface area contributed by atoms with Crippen LogP contribution in [0.25, 0.3) is 0 Å². The van der Waals surface area contributed by atoms with Crippen LogP contribution in [0.15, 0.2) is 53.6 Å². The number of aromatic hydroxyl groups is 1. The summed E-state index contributed by atoms with van der Waals surface area (Å²) in [7, 11) is 0. The zero-order valence-corrected chi connectivity index (χ0v) is 13.1. The van der Waals surface area contributed by atoms with Gasteiger partial charge < -0.3 is 5.11 Å². The van der Waals surface area contributed by atoms with Crippen molar-refractivity contribution in [3.63, 3.8) is 0 Å². The number of hydrogen-bond donors (Lipinski definition) is 1. The maximum atomic E-state index is 12.6. The highest BCUT2D eigenvalue weighted by molar-refractivity contribution is 6.26. The Morgan fingerprint density at radius 3 is 2.16 bits per heavy atom. The smallest absolute Gasteiger partial charge is 0.416 e. The van der Waals surface area contributed by atoms with Crippen molar-refractivity contribution in [1.82, 2.24) is 0 Å². The summed E-state index contributed by atoms with van der Waals surface area (Å²) in [4.78, 5) is 25.1. The van der Waals surface area contributed by atoms with E-state index >= 15 is 0 Å². The zero-order chi connectivity index (χ0) is 18.4. The van der Waals surface area contributed by atoms with Crippen LogP contribution >= 0.6 is 0 Å². The highest BCUT2D eigenvalue weighted by Crippen LogP contribution is 2.32. The van der Waals surface area contributed by atoms with Crippen LogP contribution < -0.4 is 0 Å². The molecule has 6 heteroatoms. The normalized spacial score (nSPS) is 14.7. The van der Waals surface area contributed by atoms with Crippen LogP contribution in [-0.2, 0) is 12.6 Å². The van der Waals surface area contributed by atoms with E-state index in [4.69, 9.17) is 0 Å². The first-order valence-corrected chi connectivity index (χ1v) is 7.47. The van der Waals surface area contributed by atoms with E-state index in [-0.39, 0.29) is 46.0 Å². The van der Waals surface area contributed by atoms with E-state index < -0.39 is 11.7 Å². The second-order valence-electron chi connectivity index (χ2n) is 5.86. The van der Waals surface area contributed by atoms with E-state index in [2.05, 4.69) is 0 Å². The Kier molecular flexibility index (Phi) is 3.99. The molecule has 2 aromatic rings. The SMILES string of the molecule is CC1=C(Cc2ccc(C(F)(F)F)cc2)C(=O)c2ccc(O)cc2C1=O. The van der Waals surface area contributed by atoms with E-state index in [0.717, 1.165) is 12.1 Å². The minimum absolute atomic E-state index is 0.0643. The summed E-state index contributed by atoms with van der Waals surface area (Å²) < 4.78 is 37.9. The summed E-state index contributed by atoms with van der Waals surface area (Å²) in [5.41, 5.74) is 0.555. The number of benzene rings is 2. The second kappa shape index (κ2) is 5.88. The fourth-order valence-corrected chi connectivity index (χ4v) is 2.82. The quantitative estimate of drug-likeness (QED) is 0.880. The number of alkyl halides is 3. The lowest BCUT2D eigenvalue weighted by atomic mass is 9.82. The molecule has 0 saturated heterocycles. The van der Waals surface area contributed by atoms with E-state index in [0.29, 0.717) is 5.56 Å². The molecule has 128 valence electrons. The number of carbonyl (C=O) groups excluding carboxylic acids is 2. The Balaban J connectivity index is 1.95. The highest BCUT2D eigenvalue weighted by atomic mass is 19.4. The van der Waals surface area contributed by atoms with Crippen molar-refractivity contribution in [3.05, 3.63) is 75.9 Å². The summed E-state index contributed by atoms with van der Waals surface area (Å²) in [6.45, 7) is 1.51. The topological polar surface area (TPSA) is 54.4 Å². The van der Waals surface area contributed by atoms with Gasteiger partial charge in [0.15, 0.2) is 11.6 Å². The minimum Gasteiger partial charge on any atom is -0.508 e. The Hall–Kier alpha value is -2.89. The molecule has 0 bridgehead atoms. The van der Waals surface area contributed by atoms with Crippen molar-refractivity contribution in [1.29, 1.82) is 0 Å². The lowest BCUT2D eigenvalue weighted by molar-refractivity contribution is -0.137. The third kappa shape index (κ3) is 3.07. The number of carbonyl (C=O) groups is 2. The molecule has 1 aliphatic carbocycles. The summed E-state index contributed by atoms with van der Waals surface area (Å²) >= 11 is 0. The molecular weight excluding hydrogens is 333 g/mol. The van der Waals surface area contributed by atoms with E-state index in [1.54, 1.807) is 0 Å². The molecular formula is C19H13F3O3. The monoisotopic (exact) mass is 346 g/mol. The number of ketones is 2. The van der Waals surface area contributed by atoms with Crippen molar-refractivity contribution in [2.75, 3.05) is 0 Å². The molecule has 0 radical (unpaired) electrons. The van der Waals surface area contributed by atoms with Gasteiger partial charge in [0.2, 0.25) is 0 Å². The molecule has 0 amide bonds. The summed E-state index contributed by atoms with van der Waals surface area (Å²) in [6.07, 6.45) is -4.36. The van der Waals surface area contributed by atoms with Gasteiger partial charge in [-0.2, -0.15) is 13.2 Å². The number of Topliss-reactive ketones (excluding diaryl/α,β-unsaturated/α-hetero) is 2. The molecule has 0 aromatic heterocycles. The third-order valence-electron chi connectivity index (χ3n) is 4.22. The van der Waals surface area contributed by atoms with Crippen LogP contribution in [-0.4, -0.2) is 16.7 Å². The summed E-state index contributed by atoms with van der Waals surface area (Å²) in [5, 5.41) is 9.50. The maximum absolute atomic E-state index is 12.6. The van der Waals surface area contributed by atoms with Gasteiger partial charge in [0.1, 0.15) is 5.75 Å². The number of rotatable bonds is 2. The van der Waals surface area contributed by atoms with Gasteiger partial charge in [-0.05, 0) is 42.8 Å². The molecule has 0 fully saturated rings. The average Bonchev–Trinajstić information content (AvgIpc) is 2.56. The molecule has 3 rings (SSSR count). The van der Waals surface area contributed by atoms with Gasteiger partial charge >= 0.3 is 6.18 Å². The first kappa shape index (κ1) is 17.0. The fraction of sp³-hybridized carbons (Fsp3) is 0.158. The molecule has 1 N–H and O–H groups in total. The Morgan fingerprint density at radius 2 is 1.56 bits per heavy atom. The Labute approximate surface area is 141 Å². The van der Waals surface area contributed by atoms with Crippen molar-refractivity contribution in [3.8, 4) is 5.75 Å². The predicted octanol–water partition coefficient (Wildman–Crippen LogP) is 4.35. The van der Waals surface area contributed by atoms with Crippen LogP contribution in [0.2, 0.25) is 0 Å². The molecule has 25 heavy (non-hydrogen) atoms. The van der Waals surface area contributed by atoms with Gasteiger partial charge in [-0.15, -0.1) is 0 Å². The molecule has 0 spiro atoms. The van der Waals surface area contributed by atoms with Gasteiger partial charge in [-0.1, -0.05) is 12.1 Å². The van der Waals surface area contributed by atoms with Gasteiger partial charge in [0.05, 0.1) is 5.56 Å². The predicted molar refractivity (Wildman–Crippen MR) is 84.6 cm³/mol. The van der Waals surface area contributed by atoms with Gasteiger partial charge in [0.25, 0.3) is 0 Å². The number of allylic oxidation sites excluding steroid dienone is 2. The standard InChI is InChI=1S/C19H13F3O3/c1-10-15(8-11-2-4-12(5-3-11)19(20,21)22)18(25)14-7-6-13(23)9-16(14)17(10)24/h2-7,9,23H,8H2,1H3. The molecule has 0 heterocycles. The average molecular weight is 346 g/mol. The second-order valence-corrected chi connectivity index (χ2v) is 5.86. The Bertz CT molecular complexity index is 907. The largest absolute Gasteiger partial charge is 0.508 e. The molecule has 1 aliphatic rings. The third-order valence-corrected chi connectivity index (χ3v) is 4.22. The number of phenolic OH excluding ortho intramolecular Hbond substituents is 1. The lowest BCUT2D eigenvalue weighted by Crippen LogP contribution is -2.22. The van der Waals surface area contributed by atoms with Crippen LogP contribution in [0.3, 0.4) is 0 Å². The first-order chi connectivity index (χ1) is 11.7. The minimum atomic E-state index is -4.43. The number of halogens is 3. The molecule has 0 aliphatic heterocycles. The number of phenols is 1. The van der Waals surface area contributed by atoms with Crippen LogP contribution in [0.1, 0.15) is 38.8 Å². The number of fused-ring (bicyclic) bond motifs is 1. The van der Waals surface area contributed by atoms with Crippen molar-refractivity contribution >= 4 is 11.6 Å². The molecule has 0 unspecified atom stereocenters. The molecule has 2 aromatic carbocycles. The first-order valence-electron chi connectivity index (χ1n) is 7.47. The molecule has 3 nitrogen and oxygen atoms in total. The summed E-state index contributed by atoms with van der Waals surface area (Å²) in [5.74, 6) is -0.835. The van der Waals surface area contributed by atoms with Gasteiger partial charge in [-0.3, -0.25) is 9.59 Å². The zero-order valence-electron chi connectivity index (χ0n) is 13.1.